The van der Waals surface area contributed by atoms with Crippen LogP contribution in [0.3, 0.4) is 0 Å². The van der Waals surface area contributed by atoms with Crippen molar-refractivity contribution in [2.24, 2.45) is 29.6 Å². The van der Waals surface area contributed by atoms with E-state index in [9.17, 15) is 4.79 Å². The number of aldehydes is 1. The average molecular weight is 278 g/mol. The number of unbranched alkanes of at least 4 members (excludes halogenated alkanes) is 1. The highest BCUT2D eigenvalue weighted by atomic mass is 16.1. The predicted octanol–water partition coefficient (Wildman–Crippen LogP) is 5.62. The van der Waals surface area contributed by atoms with Crippen molar-refractivity contribution in [2.75, 3.05) is 0 Å². The van der Waals surface area contributed by atoms with Gasteiger partial charge in [-0.3, -0.25) is 0 Å². The van der Waals surface area contributed by atoms with Crippen LogP contribution in [0.4, 0.5) is 0 Å². The van der Waals surface area contributed by atoms with E-state index in [2.05, 4.69) is 13.8 Å². The molecule has 0 radical (unpaired) electrons. The van der Waals surface area contributed by atoms with Gasteiger partial charge in [0.2, 0.25) is 0 Å². The van der Waals surface area contributed by atoms with Crippen molar-refractivity contribution in [1.29, 1.82) is 0 Å². The number of carbonyl (C=O) groups is 1. The molecule has 5 unspecified atom stereocenters. The molecule has 0 aromatic heterocycles. The van der Waals surface area contributed by atoms with Gasteiger partial charge in [-0.2, -0.15) is 0 Å². The Hall–Kier alpha value is -0.330. The first-order valence-corrected chi connectivity index (χ1v) is 9.16. The molecule has 0 aromatic carbocycles. The summed E-state index contributed by atoms with van der Waals surface area (Å²) in [6, 6.07) is 0. The maximum atomic E-state index is 10.9. The van der Waals surface area contributed by atoms with Crippen LogP contribution >= 0.6 is 0 Å². The fourth-order valence-corrected chi connectivity index (χ4v) is 4.66. The van der Waals surface area contributed by atoms with E-state index in [-0.39, 0.29) is 0 Å². The number of rotatable bonds is 6. The van der Waals surface area contributed by atoms with Crippen molar-refractivity contribution in [1.82, 2.24) is 0 Å². The van der Waals surface area contributed by atoms with E-state index in [1.54, 1.807) is 0 Å². The van der Waals surface area contributed by atoms with Crippen LogP contribution in [0.1, 0.15) is 84.5 Å². The highest BCUT2D eigenvalue weighted by Crippen LogP contribution is 2.37. The van der Waals surface area contributed by atoms with Crippen LogP contribution in [0, 0.1) is 29.6 Å². The van der Waals surface area contributed by atoms with Gasteiger partial charge in [-0.05, 0) is 36.5 Å². The summed E-state index contributed by atoms with van der Waals surface area (Å²) in [7, 11) is 0. The molecule has 0 saturated heterocycles. The first-order valence-electron chi connectivity index (χ1n) is 9.16. The number of hydrogen-bond donors (Lipinski definition) is 0. The van der Waals surface area contributed by atoms with Gasteiger partial charge in [-0.1, -0.05) is 71.6 Å². The van der Waals surface area contributed by atoms with Gasteiger partial charge in [0.25, 0.3) is 0 Å². The first-order chi connectivity index (χ1) is 9.70. The van der Waals surface area contributed by atoms with Crippen LogP contribution in [-0.2, 0) is 4.79 Å². The molecule has 0 spiro atoms. The fraction of sp³-hybridized carbons (Fsp3) is 0.947. The van der Waals surface area contributed by atoms with Gasteiger partial charge >= 0.3 is 0 Å². The van der Waals surface area contributed by atoms with Crippen LogP contribution in [0.25, 0.3) is 0 Å². The summed E-state index contributed by atoms with van der Waals surface area (Å²) in [5.41, 5.74) is 0. The van der Waals surface area contributed by atoms with Crippen molar-refractivity contribution >= 4 is 6.29 Å². The highest BCUT2D eigenvalue weighted by Gasteiger charge is 2.26. The van der Waals surface area contributed by atoms with Gasteiger partial charge in [0.15, 0.2) is 0 Å². The topological polar surface area (TPSA) is 17.1 Å². The summed E-state index contributed by atoms with van der Waals surface area (Å²) in [5, 5.41) is 0. The number of carbonyl (C=O) groups excluding carboxylic acids is 1. The molecule has 2 saturated carbocycles. The zero-order valence-electron chi connectivity index (χ0n) is 13.7. The van der Waals surface area contributed by atoms with Crippen molar-refractivity contribution < 1.29 is 4.79 Å². The molecule has 2 fully saturated rings. The summed E-state index contributed by atoms with van der Waals surface area (Å²) in [5.74, 6) is 4.11. The van der Waals surface area contributed by atoms with E-state index >= 15 is 0 Å². The lowest BCUT2D eigenvalue weighted by atomic mass is 9.72. The molecular weight excluding hydrogens is 244 g/mol. The third-order valence-corrected chi connectivity index (χ3v) is 6.33. The standard InChI is InChI=1S/C19H34O/c1-15-7-5-12-19(16(15)2)11-4-3-8-17-9-6-10-18(13-17)14-20/h14-19H,3-13H2,1-2H3. The molecule has 1 nitrogen and oxygen atoms in total. The van der Waals surface area contributed by atoms with Crippen LogP contribution < -0.4 is 0 Å². The van der Waals surface area contributed by atoms with Crippen molar-refractivity contribution in [3.05, 3.63) is 0 Å². The molecule has 5 atom stereocenters. The molecule has 116 valence electrons. The van der Waals surface area contributed by atoms with Crippen LogP contribution in [0.2, 0.25) is 0 Å². The molecule has 1 heteroatoms. The Labute approximate surface area is 125 Å². The Morgan fingerprint density at radius 1 is 0.950 bits per heavy atom. The maximum absolute atomic E-state index is 10.9. The minimum atomic E-state index is 0.382. The number of hydrogen-bond acceptors (Lipinski definition) is 1. The van der Waals surface area contributed by atoms with E-state index in [0.717, 1.165) is 30.1 Å². The molecule has 0 bridgehead atoms. The molecular formula is C19H34O. The Kier molecular flexibility index (Phi) is 6.58. The van der Waals surface area contributed by atoms with Crippen LogP contribution in [0.5, 0.6) is 0 Å². The Morgan fingerprint density at radius 2 is 1.70 bits per heavy atom. The molecule has 0 amide bonds. The lowest BCUT2D eigenvalue weighted by Gasteiger charge is -2.34. The Bertz CT molecular complexity index is 285. The quantitative estimate of drug-likeness (QED) is 0.455. The third kappa shape index (κ3) is 4.60. The zero-order chi connectivity index (χ0) is 14.4. The highest BCUT2D eigenvalue weighted by molar-refractivity contribution is 5.53. The third-order valence-electron chi connectivity index (χ3n) is 6.33. The molecule has 2 aliphatic carbocycles. The second kappa shape index (κ2) is 8.20. The van der Waals surface area contributed by atoms with Crippen molar-refractivity contribution in [3.8, 4) is 0 Å². The van der Waals surface area contributed by atoms with E-state index in [0.29, 0.717) is 5.92 Å². The van der Waals surface area contributed by atoms with Gasteiger partial charge in [0.1, 0.15) is 6.29 Å². The minimum Gasteiger partial charge on any atom is -0.303 e. The summed E-state index contributed by atoms with van der Waals surface area (Å²) in [4.78, 5) is 10.9. The largest absolute Gasteiger partial charge is 0.303 e. The lowest BCUT2D eigenvalue weighted by molar-refractivity contribution is -0.112. The zero-order valence-corrected chi connectivity index (χ0v) is 13.7. The molecule has 2 rings (SSSR count). The van der Waals surface area contributed by atoms with Crippen LogP contribution in [0.15, 0.2) is 0 Å². The van der Waals surface area contributed by atoms with Gasteiger partial charge < -0.3 is 4.79 Å². The molecule has 0 aliphatic heterocycles. The van der Waals surface area contributed by atoms with Crippen LogP contribution in [-0.4, -0.2) is 6.29 Å². The van der Waals surface area contributed by atoms with Gasteiger partial charge in [-0.25, -0.2) is 0 Å². The van der Waals surface area contributed by atoms with Crippen molar-refractivity contribution in [2.45, 2.75) is 84.5 Å². The Morgan fingerprint density at radius 3 is 2.50 bits per heavy atom. The smallest absolute Gasteiger partial charge is 0.123 e. The predicted molar refractivity (Wildman–Crippen MR) is 85.6 cm³/mol. The van der Waals surface area contributed by atoms with E-state index in [1.165, 1.54) is 70.5 Å². The second-order valence-electron chi connectivity index (χ2n) is 7.74. The van der Waals surface area contributed by atoms with Gasteiger partial charge in [0.05, 0.1) is 0 Å². The summed E-state index contributed by atoms with van der Waals surface area (Å²) >= 11 is 0. The average Bonchev–Trinajstić information content (AvgIpc) is 2.48. The molecule has 0 heterocycles. The fourth-order valence-electron chi connectivity index (χ4n) is 4.66. The summed E-state index contributed by atoms with van der Waals surface area (Å²) in [6.45, 7) is 4.92. The van der Waals surface area contributed by atoms with Gasteiger partial charge in [0, 0.05) is 5.92 Å². The SMILES string of the molecule is CC1CCCC(CCCCC2CCCC(C=O)C2)C1C. The molecule has 0 N–H and O–H groups in total. The molecule has 2 aliphatic rings. The van der Waals surface area contributed by atoms with E-state index in [1.807, 2.05) is 0 Å². The second-order valence-corrected chi connectivity index (χ2v) is 7.74. The van der Waals surface area contributed by atoms with E-state index in [4.69, 9.17) is 0 Å². The minimum absolute atomic E-state index is 0.382. The van der Waals surface area contributed by atoms with Crippen molar-refractivity contribution in [3.63, 3.8) is 0 Å². The first kappa shape index (κ1) is 16.0. The monoisotopic (exact) mass is 278 g/mol. The maximum Gasteiger partial charge on any atom is 0.123 e. The summed E-state index contributed by atoms with van der Waals surface area (Å²) < 4.78 is 0. The molecule has 0 aromatic rings. The molecule has 20 heavy (non-hydrogen) atoms. The Balaban J connectivity index is 1.60. The lowest BCUT2D eigenvalue weighted by Crippen LogP contribution is -2.24. The van der Waals surface area contributed by atoms with Gasteiger partial charge in [-0.15, -0.1) is 0 Å². The summed E-state index contributed by atoms with van der Waals surface area (Å²) in [6.07, 6.45) is 16.2. The van der Waals surface area contributed by atoms with E-state index < -0.39 is 0 Å². The normalized spacial score (nSPS) is 38.6.